The summed E-state index contributed by atoms with van der Waals surface area (Å²) < 4.78 is 33.7. The van der Waals surface area contributed by atoms with Crippen LogP contribution in [0.25, 0.3) is 0 Å². The van der Waals surface area contributed by atoms with Crippen LogP contribution in [0.1, 0.15) is 33.8 Å². The van der Waals surface area contributed by atoms with E-state index in [1.165, 1.54) is 4.31 Å². The molecule has 0 unspecified atom stereocenters. The maximum atomic E-state index is 13.2. The van der Waals surface area contributed by atoms with Crippen LogP contribution >= 0.6 is 11.3 Å². The number of hydrogen-bond acceptors (Lipinski definition) is 8. The van der Waals surface area contributed by atoms with E-state index >= 15 is 0 Å². The highest BCUT2D eigenvalue weighted by Gasteiger charge is 2.35. The lowest BCUT2D eigenvalue weighted by molar-refractivity contribution is -0.00488. The Morgan fingerprint density at radius 2 is 2.00 bits per heavy atom. The van der Waals surface area contributed by atoms with E-state index in [2.05, 4.69) is 25.5 Å². The van der Waals surface area contributed by atoms with Gasteiger partial charge in [-0.25, -0.2) is 18.4 Å². The van der Waals surface area contributed by atoms with Gasteiger partial charge in [0.1, 0.15) is 16.8 Å². The predicted octanol–water partition coefficient (Wildman–Crippen LogP) is 3.00. The number of pyridine rings is 1. The van der Waals surface area contributed by atoms with Crippen LogP contribution in [0.15, 0.2) is 23.1 Å². The van der Waals surface area contributed by atoms with Crippen LogP contribution < -0.4 is 5.32 Å². The summed E-state index contributed by atoms with van der Waals surface area (Å²) in [6, 6.07) is 5.57. The van der Waals surface area contributed by atoms with Crippen LogP contribution in [0.4, 0.5) is 10.9 Å². The molecule has 0 radical (unpaired) electrons. The van der Waals surface area contributed by atoms with Crippen molar-refractivity contribution in [1.82, 2.24) is 24.5 Å². The quantitative estimate of drug-likeness (QED) is 0.617. The normalized spacial score (nSPS) is 17.9. The number of aromatic amines is 1. The molecule has 9 nitrogen and oxygen atoms in total. The number of nitrogens with zero attached hydrogens (tertiary/aromatic N) is 4. The Bertz CT molecular complexity index is 1130. The molecule has 3 aromatic heterocycles. The fourth-order valence-electron chi connectivity index (χ4n) is 3.41. The second-order valence-electron chi connectivity index (χ2n) is 7.22. The van der Waals surface area contributed by atoms with Gasteiger partial charge in [0.25, 0.3) is 0 Å². The lowest BCUT2D eigenvalue weighted by atomic mass is 10.2. The van der Waals surface area contributed by atoms with Gasteiger partial charge in [-0.2, -0.15) is 9.40 Å². The molecule has 1 aliphatic heterocycles. The van der Waals surface area contributed by atoms with Gasteiger partial charge < -0.3 is 10.1 Å². The number of thiazole rings is 1. The first-order valence-corrected chi connectivity index (χ1v) is 11.8. The summed E-state index contributed by atoms with van der Waals surface area (Å²) in [5, 5.41) is 10.8. The van der Waals surface area contributed by atoms with Crippen molar-refractivity contribution in [2.45, 2.75) is 38.7 Å². The Labute approximate surface area is 179 Å². The number of morpholine rings is 1. The standard InChI is InChI=1S/C19H24N6O3S2/c1-11-14(4)29-19(20-11)22-17-7-5-6-15(21-17)16-10-25(8-9-28-16)30(26,27)18-12(2)23-24-13(18)3/h5-7,16H,8-10H2,1-4H3,(H,23,24)(H,20,21,22)/t16-/m1/s1. The first-order valence-electron chi connectivity index (χ1n) is 9.57. The molecule has 1 aliphatic rings. The Hall–Kier alpha value is -2.34. The summed E-state index contributed by atoms with van der Waals surface area (Å²) >= 11 is 1.57. The number of H-pyrrole nitrogens is 1. The highest BCUT2D eigenvalue weighted by molar-refractivity contribution is 7.89. The molecular formula is C19H24N6O3S2. The van der Waals surface area contributed by atoms with Crippen LogP contribution in [-0.4, -0.2) is 52.6 Å². The molecule has 4 heterocycles. The van der Waals surface area contributed by atoms with Crippen LogP contribution in [0.5, 0.6) is 0 Å². The van der Waals surface area contributed by atoms with Gasteiger partial charge in [-0.1, -0.05) is 6.07 Å². The smallest absolute Gasteiger partial charge is 0.246 e. The van der Waals surface area contributed by atoms with Crippen molar-refractivity contribution in [2.75, 3.05) is 25.0 Å². The van der Waals surface area contributed by atoms with Crippen LogP contribution in [0, 0.1) is 27.7 Å². The maximum absolute atomic E-state index is 13.2. The van der Waals surface area contributed by atoms with E-state index in [-0.39, 0.29) is 11.4 Å². The third kappa shape index (κ3) is 3.97. The zero-order valence-corrected chi connectivity index (χ0v) is 18.9. The molecule has 0 spiro atoms. The molecule has 11 heteroatoms. The Morgan fingerprint density at radius 1 is 1.20 bits per heavy atom. The predicted molar refractivity (Wildman–Crippen MR) is 115 cm³/mol. The Kier molecular flexibility index (Phi) is 5.62. The van der Waals surface area contributed by atoms with Gasteiger partial charge >= 0.3 is 0 Å². The number of nitrogens with one attached hydrogen (secondary N) is 2. The van der Waals surface area contributed by atoms with E-state index in [0.717, 1.165) is 15.7 Å². The van der Waals surface area contributed by atoms with Gasteiger partial charge in [-0.3, -0.25) is 5.10 Å². The van der Waals surface area contributed by atoms with Gasteiger partial charge in [-0.15, -0.1) is 11.3 Å². The van der Waals surface area contributed by atoms with E-state index in [4.69, 9.17) is 4.74 Å². The molecular weight excluding hydrogens is 424 g/mol. The van der Waals surface area contributed by atoms with Crippen molar-refractivity contribution < 1.29 is 13.2 Å². The molecule has 1 atom stereocenters. The molecule has 0 saturated carbocycles. The summed E-state index contributed by atoms with van der Waals surface area (Å²) in [7, 11) is -3.67. The van der Waals surface area contributed by atoms with E-state index in [9.17, 15) is 8.42 Å². The first kappa shape index (κ1) is 20.9. The molecule has 0 aliphatic carbocycles. The average Bonchev–Trinajstić information content (AvgIpc) is 3.22. The third-order valence-corrected chi connectivity index (χ3v) is 8.17. The lowest BCUT2D eigenvalue weighted by Gasteiger charge is -2.32. The first-order chi connectivity index (χ1) is 14.3. The Balaban J connectivity index is 1.55. The fourth-order valence-corrected chi connectivity index (χ4v) is 5.99. The molecule has 0 aromatic carbocycles. The second-order valence-corrected chi connectivity index (χ2v) is 10.3. The number of anilines is 2. The fraction of sp³-hybridized carbons (Fsp3) is 0.421. The van der Waals surface area contributed by atoms with Gasteiger partial charge in [0.15, 0.2) is 5.13 Å². The highest BCUT2D eigenvalue weighted by atomic mass is 32.2. The van der Waals surface area contributed by atoms with Gasteiger partial charge in [0.2, 0.25) is 10.0 Å². The molecule has 0 bridgehead atoms. The maximum Gasteiger partial charge on any atom is 0.246 e. The van der Waals surface area contributed by atoms with E-state index in [0.29, 0.717) is 36.1 Å². The molecule has 4 rings (SSSR count). The third-order valence-electron chi connectivity index (χ3n) is 5.05. The molecule has 160 valence electrons. The zero-order valence-electron chi connectivity index (χ0n) is 17.3. The van der Waals surface area contributed by atoms with E-state index < -0.39 is 16.1 Å². The number of hydrogen-bond donors (Lipinski definition) is 2. The van der Waals surface area contributed by atoms with Crippen molar-refractivity contribution in [3.8, 4) is 0 Å². The topological polar surface area (TPSA) is 113 Å². The van der Waals surface area contributed by atoms with E-state index in [1.807, 2.05) is 32.0 Å². The molecule has 1 fully saturated rings. The molecule has 3 aromatic rings. The van der Waals surface area contributed by atoms with Crippen molar-refractivity contribution in [3.63, 3.8) is 0 Å². The van der Waals surface area contributed by atoms with Crippen LogP contribution in [0.3, 0.4) is 0 Å². The van der Waals surface area contributed by atoms with Gasteiger partial charge in [-0.05, 0) is 39.8 Å². The van der Waals surface area contributed by atoms with Crippen molar-refractivity contribution in [1.29, 1.82) is 0 Å². The second kappa shape index (κ2) is 8.06. The van der Waals surface area contributed by atoms with E-state index in [1.54, 1.807) is 25.2 Å². The van der Waals surface area contributed by atoms with Crippen LogP contribution in [-0.2, 0) is 14.8 Å². The van der Waals surface area contributed by atoms with Gasteiger partial charge in [0, 0.05) is 18.0 Å². The highest BCUT2D eigenvalue weighted by Crippen LogP contribution is 2.29. The van der Waals surface area contributed by atoms with Crippen molar-refractivity contribution >= 4 is 32.3 Å². The SMILES string of the molecule is Cc1nc(Nc2cccc([C@H]3CN(S(=O)(=O)c4c(C)n[nH]c4C)CCO3)n2)sc1C. The minimum atomic E-state index is -3.67. The lowest BCUT2D eigenvalue weighted by Crippen LogP contribution is -2.42. The minimum absolute atomic E-state index is 0.193. The number of rotatable bonds is 5. The van der Waals surface area contributed by atoms with Crippen molar-refractivity contribution in [2.24, 2.45) is 0 Å². The number of sulfonamides is 1. The minimum Gasteiger partial charge on any atom is -0.369 e. The number of aromatic nitrogens is 4. The van der Waals surface area contributed by atoms with Crippen molar-refractivity contribution in [3.05, 3.63) is 45.9 Å². The Morgan fingerprint density at radius 3 is 2.67 bits per heavy atom. The summed E-state index contributed by atoms with van der Waals surface area (Å²) in [6.07, 6.45) is -0.456. The molecule has 2 N–H and O–H groups in total. The number of ether oxygens (including phenoxy) is 1. The average molecular weight is 449 g/mol. The monoisotopic (exact) mass is 448 g/mol. The zero-order chi connectivity index (χ0) is 21.5. The van der Waals surface area contributed by atoms with Crippen LogP contribution in [0.2, 0.25) is 0 Å². The number of aryl methyl sites for hydroxylation is 4. The molecule has 30 heavy (non-hydrogen) atoms. The molecule has 0 amide bonds. The summed E-state index contributed by atoms with van der Waals surface area (Å²) in [4.78, 5) is 10.5. The largest absolute Gasteiger partial charge is 0.369 e. The van der Waals surface area contributed by atoms with Gasteiger partial charge in [0.05, 0.1) is 29.4 Å². The molecule has 1 saturated heterocycles. The summed E-state index contributed by atoms with van der Waals surface area (Å²) in [5.74, 6) is 0.645. The summed E-state index contributed by atoms with van der Waals surface area (Å²) in [6.45, 7) is 8.17. The summed E-state index contributed by atoms with van der Waals surface area (Å²) in [5.41, 5.74) is 2.66.